The summed E-state index contributed by atoms with van der Waals surface area (Å²) >= 11 is 0. The molecular weight excluding hydrogens is 340 g/mol. The first-order chi connectivity index (χ1) is 11.9. The average Bonchev–Trinajstić information content (AvgIpc) is 2.58. The maximum Gasteiger partial charge on any atom is 0.388 e. The van der Waals surface area contributed by atoms with E-state index in [1.165, 1.54) is 24.3 Å². The lowest BCUT2D eigenvalue weighted by Gasteiger charge is -2.22. The Bertz CT molecular complexity index is 700. The number of nitrogens with zero attached hydrogens (tertiary/aromatic N) is 4. The van der Waals surface area contributed by atoms with Crippen molar-refractivity contribution >= 4 is 5.82 Å². The van der Waals surface area contributed by atoms with Crippen LogP contribution >= 0.6 is 0 Å². The highest BCUT2D eigenvalue weighted by atomic mass is 19.3. The predicted octanol–water partition coefficient (Wildman–Crippen LogP) is 4.31. The lowest BCUT2D eigenvalue weighted by Crippen LogP contribution is -2.25. The van der Waals surface area contributed by atoms with Crippen LogP contribution < -0.4 is 9.64 Å². The molecule has 0 aromatic carbocycles. The Kier molecular flexibility index (Phi) is 6.49. The van der Waals surface area contributed by atoms with E-state index in [0.29, 0.717) is 18.9 Å². The first-order valence-corrected chi connectivity index (χ1v) is 7.78. The van der Waals surface area contributed by atoms with Crippen LogP contribution in [0, 0.1) is 0 Å². The van der Waals surface area contributed by atoms with Crippen LogP contribution in [0.4, 0.5) is 23.4 Å². The minimum absolute atomic E-state index is 0.120. The van der Waals surface area contributed by atoms with Gasteiger partial charge in [-0.2, -0.15) is 8.78 Å². The van der Waals surface area contributed by atoms with Crippen LogP contribution in [0.5, 0.6) is 5.88 Å². The Morgan fingerprint density at radius 1 is 1.04 bits per heavy atom. The van der Waals surface area contributed by atoms with Gasteiger partial charge in [-0.15, -0.1) is 0 Å². The second-order valence-corrected chi connectivity index (χ2v) is 5.09. The molecule has 5 nitrogen and oxygen atoms in total. The van der Waals surface area contributed by atoms with Gasteiger partial charge in [-0.3, -0.25) is 0 Å². The molecule has 2 rings (SSSR count). The van der Waals surface area contributed by atoms with E-state index < -0.39 is 18.9 Å². The molecule has 0 spiro atoms. The molecule has 0 aliphatic carbocycles. The molecule has 0 aliphatic rings. The fourth-order valence-corrected chi connectivity index (χ4v) is 2.26. The largest absolute Gasteiger partial charge is 0.417 e. The molecule has 2 aromatic heterocycles. The second kappa shape index (κ2) is 8.59. The van der Waals surface area contributed by atoms with Crippen molar-refractivity contribution in [2.45, 2.75) is 33.3 Å². The topological polar surface area (TPSA) is 51.1 Å². The summed E-state index contributed by atoms with van der Waals surface area (Å²) in [6.45, 7) is 2.04. The van der Waals surface area contributed by atoms with Gasteiger partial charge >= 0.3 is 6.61 Å². The Labute approximate surface area is 142 Å². The molecule has 0 unspecified atom stereocenters. The van der Waals surface area contributed by atoms with Gasteiger partial charge < -0.3 is 9.64 Å². The number of aromatic nitrogens is 3. The maximum absolute atomic E-state index is 13.2. The lowest BCUT2D eigenvalue weighted by atomic mass is 10.2. The third-order valence-electron chi connectivity index (χ3n) is 3.32. The highest BCUT2D eigenvalue weighted by Gasteiger charge is 2.18. The lowest BCUT2D eigenvalue weighted by molar-refractivity contribution is -0.0527. The van der Waals surface area contributed by atoms with Gasteiger partial charge in [-0.1, -0.05) is 13.0 Å². The van der Waals surface area contributed by atoms with Crippen LogP contribution in [0.2, 0.25) is 0 Å². The molecule has 2 aromatic rings. The third-order valence-corrected chi connectivity index (χ3v) is 3.32. The number of halogens is 4. The monoisotopic (exact) mass is 358 g/mol. The molecule has 0 aliphatic heterocycles. The molecule has 0 N–H and O–H groups in total. The van der Waals surface area contributed by atoms with Gasteiger partial charge in [0, 0.05) is 25.2 Å². The second-order valence-electron chi connectivity index (χ2n) is 5.09. The van der Waals surface area contributed by atoms with E-state index in [-0.39, 0.29) is 17.3 Å². The van der Waals surface area contributed by atoms with Crippen molar-refractivity contribution in [2.24, 2.45) is 0 Å². The summed E-state index contributed by atoms with van der Waals surface area (Å²) in [4.78, 5) is 13.4. The van der Waals surface area contributed by atoms with Crippen LogP contribution in [-0.2, 0) is 0 Å². The zero-order chi connectivity index (χ0) is 18.4. The smallest absolute Gasteiger partial charge is 0.388 e. The predicted molar refractivity (Wildman–Crippen MR) is 85.0 cm³/mol. The van der Waals surface area contributed by atoms with Crippen molar-refractivity contribution in [1.82, 2.24) is 15.0 Å². The molecular formula is C16H18F4N4O. The summed E-state index contributed by atoms with van der Waals surface area (Å²) in [7, 11) is 0. The van der Waals surface area contributed by atoms with E-state index in [2.05, 4.69) is 19.7 Å². The highest BCUT2D eigenvalue weighted by Crippen LogP contribution is 2.26. The Balaban J connectivity index is 2.47. The van der Waals surface area contributed by atoms with Crippen LogP contribution in [0.25, 0.3) is 11.4 Å². The van der Waals surface area contributed by atoms with Gasteiger partial charge in [0.05, 0.1) is 11.4 Å². The van der Waals surface area contributed by atoms with Crippen molar-refractivity contribution in [3.05, 3.63) is 30.1 Å². The minimum atomic E-state index is -3.03. The van der Waals surface area contributed by atoms with Gasteiger partial charge in [-0.25, -0.2) is 23.7 Å². The molecule has 0 fully saturated rings. The molecule has 0 saturated carbocycles. The van der Waals surface area contributed by atoms with E-state index in [1.807, 2.05) is 18.7 Å². The normalized spacial score (nSPS) is 11.2. The number of anilines is 1. The third kappa shape index (κ3) is 5.01. The van der Waals surface area contributed by atoms with Crippen molar-refractivity contribution in [3.8, 4) is 17.3 Å². The molecule has 136 valence electrons. The van der Waals surface area contributed by atoms with Crippen LogP contribution in [-0.4, -0.2) is 34.7 Å². The number of hydrogen-bond acceptors (Lipinski definition) is 5. The zero-order valence-electron chi connectivity index (χ0n) is 13.8. The SMILES string of the molecule is CCCN(CC)c1cc(-c2cccc(OC(F)F)n2)nc(C(F)F)n1. The average molecular weight is 358 g/mol. The van der Waals surface area contributed by atoms with Gasteiger partial charge in [0.25, 0.3) is 6.43 Å². The fraction of sp³-hybridized carbons (Fsp3) is 0.438. The Morgan fingerprint density at radius 2 is 1.80 bits per heavy atom. The van der Waals surface area contributed by atoms with Gasteiger partial charge in [-0.05, 0) is 19.4 Å². The van der Waals surface area contributed by atoms with Crippen molar-refractivity contribution < 1.29 is 22.3 Å². The van der Waals surface area contributed by atoms with E-state index in [4.69, 9.17) is 0 Å². The molecule has 0 bridgehead atoms. The molecule has 0 amide bonds. The minimum Gasteiger partial charge on any atom is -0.417 e. The Morgan fingerprint density at radius 3 is 2.40 bits per heavy atom. The molecule has 25 heavy (non-hydrogen) atoms. The summed E-state index contributed by atoms with van der Waals surface area (Å²) in [6.07, 6.45) is -2.05. The van der Waals surface area contributed by atoms with E-state index in [0.717, 1.165) is 6.42 Å². The van der Waals surface area contributed by atoms with Gasteiger partial charge in [0.2, 0.25) is 5.88 Å². The highest BCUT2D eigenvalue weighted by molar-refractivity contribution is 5.60. The summed E-state index contributed by atoms with van der Waals surface area (Å²) in [5, 5.41) is 0. The molecule has 0 radical (unpaired) electrons. The molecule has 2 heterocycles. The zero-order valence-corrected chi connectivity index (χ0v) is 13.8. The van der Waals surface area contributed by atoms with Crippen LogP contribution in [0.1, 0.15) is 32.5 Å². The molecule has 0 saturated heterocycles. The number of alkyl halides is 4. The summed E-state index contributed by atoms with van der Waals surface area (Å²) in [5.74, 6) is -0.608. The maximum atomic E-state index is 13.2. The first kappa shape index (κ1) is 18.9. The molecule has 9 heteroatoms. The summed E-state index contributed by atoms with van der Waals surface area (Å²) in [6, 6.07) is 5.68. The van der Waals surface area contributed by atoms with E-state index in [1.54, 1.807) is 0 Å². The van der Waals surface area contributed by atoms with Gasteiger partial charge in [0.1, 0.15) is 5.82 Å². The quantitative estimate of drug-likeness (QED) is 0.658. The number of hydrogen-bond donors (Lipinski definition) is 0. The Hall–Kier alpha value is -2.45. The fourth-order valence-electron chi connectivity index (χ4n) is 2.26. The number of ether oxygens (including phenoxy) is 1. The standard InChI is InChI=1S/C16H18F4N4O/c1-3-8-24(4-2)12-9-11(22-15(23-12)14(17)18)10-6-5-7-13(21-10)25-16(19)20/h5-7,9,14,16H,3-4,8H2,1-2H3. The van der Waals surface area contributed by atoms with Crippen molar-refractivity contribution in [3.63, 3.8) is 0 Å². The van der Waals surface area contributed by atoms with E-state index >= 15 is 0 Å². The van der Waals surface area contributed by atoms with Crippen LogP contribution in [0.15, 0.2) is 24.3 Å². The van der Waals surface area contributed by atoms with Crippen molar-refractivity contribution in [2.75, 3.05) is 18.0 Å². The van der Waals surface area contributed by atoms with Crippen LogP contribution in [0.3, 0.4) is 0 Å². The summed E-state index contributed by atoms with van der Waals surface area (Å²) in [5.41, 5.74) is 0.269. The number of pyridine rings is 1. The molecule has 0 atom stereocenters. The number of rotatable bonds is 8. The van der Waals surface area contributed by atoms with E-state index in [9.17, 15) is 17.6 Å². The summed E-state index contributed by atoms with van der Waals surface area (Å²) < 4.78 is 55.2. The van der Waals surface area contributed by atoms with Crippen molar-refractivity contribution in [1.29, 1.82) is 0 Å². The van der Waals surface area contributed by atoms with Gasteiger partial charge in [0.15, 0.2) is 5.82 Å². The first-order valence-electron chi connectivity index (χ1n) is 7.78.